The zero-order valence-electron chi connectivity index (χ0n) is 13.5. The van der Waals surface area contributed by atoms with E-state index in [0.29, 0.717) is 31.6 Å². The van der Waals surface area contributed by atoms with Crippen LogP contribution in [0.3, 0.4) is 0 Å². The Morgan fingerprint density at radius 1 is 1.12 bits per heavy atom. The summed E-state index contributed by atoms with van der Waals surface area (Å²) in [5.41, 5.74) is 2.53. The fraction of sp³-hybridized carbons (Fsp3) is 0.263. The Labute approximate surface area is 142 Å². The van der Waals surface area contributed by atoms with E-state index >= 15 is 0 Å². The number of aliphatic hydroxyl groups excluding tert-OH is 1. The number of benzene rings is 2. The maximum atomic E-state index is 12.2. The van der Waals surface area contributed by atoms with Crippen molar-refractivity contribution >= 4 is 17.3 Å². The molecule has 0 aliphatic heterocycles. The number of nitriles is 1. The van der Waals surface area contributed by atoms with Gasteiger partial charge in [0.15, 0.2) is 0 Å². The van der Waals surface area contributed by atoms with Crippen LogP contribution in [0, 0.1) is 11.3 Å². The van der Waals surface area contributed by atoms with E-state index < -0.39 is 0 Å². The van der Waals surface area contributed by atoms with E-state index in [1.165, 1.54) is 0 Å². The average Bonchev–Trinajstić information content (AvgIpc) is 2.59. The summed E-state index contributed by atoms with van der Waals surface area (Å²) in [7, 11) is 0. The first-order valence-corrected chi connectivity index (χ1v) is 7.89. The van der Waals surface area contributed by atoms with E-state index in [9.17, 15) is 9.90 Å². The van der Waals surface area contributed by atoms with Crippen LogP contribution in [0.4, 0.5) is 11.4 Å². The van der Waals surface area contributed by atoms with Crippen LogP contribution in [0.25, 0.3) is 0 Å². The Morgan fingerprint density at radius 3 is 2.62 bits per heavy atom. The molecule has 2 aromatic rings. The predicted octanol–water partition coefficient (Wildman–Crippen LogP) is 2.58. The quantitative estimate of drug-likeness (QED) is 0.783. The van der Waals surface area contributed by atoms with Gasteiger partial charge >= 0.3 is 0 Å². The van der Waals surface area contributed by atoms with Gasteiger partial charge in [0.2, 0.25) is 5.91 Å². The van der Waals surface area contributed by atoms with Crippen molar-refractivity contribution in [3.05, 3.63) is 60.2 Å². The Hall–Kier alpha value is -2.84. The molecule has 5 nitrogen and oxygen atoms in total. The molecule has 0 aliphatic carbocycles. The van der Waals surface area contributed by atoms with Gasteiger partial charge in [-0.05, 0) is 23.8 Å². The molecule has 0 aromatic heterocycles. The molecule has 5 heteroatoms. The van der Waals surface area contributed by atoms with Gasteiger partial charge in [-0.2, -0.15) is 5.26 Å². The van der Waals surface area contributed by atoms with Crippen molar-refractivity contribution in [2.75, 3.05) is 29.9 Å². The zero-order valence-corrected chi connectivity index (χ0v) is 13.5. The second kappa shape index (κ2) is 9.33. The molecule has 0 heterocycles. The Kier molecular flexibility index (Phi) is 6.81. The number of rotatable bonds is 8. The molecular formula is C19H21N3O2. The molecule has 0 radical (unpaired) electrons. The molecule has 0 saturated heterocycles. The zero-order chi connectivity index (χ0) is 17.2. The van der Waals surface area contributed by atoms with Gasteiger partial charge in [0.25, 0.3) is 0 Å². The number of amides is 1. The van der Waals surface area contributed by atoms with Crippen molar-refractivity contribution in [2.45, 2.75) is 12.8 Å². The highest BCUT2D eigenvalue weighted by Crippen LogP contribution is 2.20. The first kappa shape index (κ1) is 17.5. The highest BCUT2D eigenvalue weighted by Gasteiger charge is 2.08. The Balaban J connectivity index is 2.03. The molecule has 2 rings (SSSR count). The largest absolute Gasteiger partial charge is 0.395 e. The van der Waals surface area contributed by atoms with Crippen LogP contribution in [0.5, 0.6) is 0 Å². The van der Waals surface area contributed by atoms with Crippen LogP contribution in [0.15, 0.2) is 54.6 Å². The van der Waals surface area contributed by atoms with Crippen molar-refractivity contribution < 1.29 is 9.90 Å². The van der Waals surface area contributed by atoms with Crippen molar-refractivity contribution in [1.29, 1.82) is 5.26 Å². The summed E-state index contributed by atoms with van der Waals surface area (Å²) < 4.78 is 0. The van der Waals surface area contributed by atoms with Gasteiger partial charge in [-0.3, -0.25) is 4.79 Å². The first-order chi connectivity index (χ1) is 11.7. The maximum Gasteiger partial charge on any atom is 0.228 e. The van der Waals surface area contributed by atoms with Crippen molar-refractivity contribution in [3.63, 3.8) is 0 Å². The predicted molar refractivity (Wildman–Crippen MR) is 94.7 cm³/mol. The molecule has 2 aromatic carbocycles. The van der Waals surface area contributed by atoms with Gasteiger partial charge in [-0.1, -0.05) is 36.4 Å². The Bertz CT molecular complexity index is 695. The van der Waals surface area contributed by atoms with Crippen LogP contribution in [-0.2, 0) is 11.2 Å². The van der Waals surface area contributed by atoms with E-state index in [-0.39, 0.29) is 12.5 Å². The van der Waals surface area contributed by atoms with Gasteiger partial charge in [0, 0.05) is 24.5 Å². The number of nitrogens with one attached hydrogen (secondary N) is 1. The molecular weight excluding hydrogens is 302 g/mol. The second-order valence-electron chi connectivity index (χ2n) is 5.38. The van der Waals surface area contributed by atoms with Gasteiger partial charge in [-0.25, -0.2) is 0 Å². The van der Waals surface area contributed by atoms with Crippen molar-refractivity contribution in [1.82, 2.24) is 0 Å². The van der Waals surface area contributed by atoms with E-state index in [1.807, 2.05) is 59.5 Å². The van der Waals surface area contributed by atoms with Gasteiger partial charge < -0.3 is 15.3 Å². The minimum Gasteiger partial charge on any atom is -0.395 e. The summed E-state index contributed by atoms with van der Waals surface area (Å²) in [4.78, 5) is 14.1. The van der Waals surface area contributed by atoms with E-state index in [4.69, 9.17) is 5.26 Å². The monoisotopic (exact) mass is 323 g/mol. The number of hydrogen-bond donors (Lipinski definition) is 2. The number of hydrogen-bond acceptors (Lipinski definition) is 4. The number of carbonyl (C=O) groups is 1. The lowest BCUT2D eigenvalue weighted by Crippen LogP contribution is -2.27. The SMILES string of the molecule is N#CCCN(CCO)c1cccc(NC(=O)Cc2ccccc2)c1. The third-order valence-corrected chi connectivity index (χ3v) is 3.57. The summed E-state index contributed by atoms with van der Waals surface area (Å²) >= 11 is 0. The highest BCUT2D eigenvalue weighted by molar-refractivity contribution is 5.92. The summed E-state index contributed by atoms with van der Waals surface area (Å²) in [6.07, 6.45) is 0.699. The lowest BCUT2D eigenvalue weighted by molar-refractivity contribution is -0.115. The van der Waals surface area contributed by atoms with E-state index in [0.717, 1.165) is 11.3 Å². The number of aliphatic hydroxyl groups is 1. The van der Waals surface area contributed by atoms with Crippen LogP contribution < -0.4 is 10.2 Å². The summed E-state index contributed by atoms with van der Waals surface area (Å²) in [5.74, 6) is -0.0796. The average molecular weight is 323 g/mol. The van der Waals surface area contributed by atoms with Crippen molar-refractivity contribution in [3.8, 4) is 6.07 Å². The lowest BCUT2D eigenvalue weighted by atomic mass is 10.1. The van der Waals surface area contributed by atoms with Crippen LogP contribution in [0.2, 0.25) is 0 Å². The third-order valence-electron chi connectivity index (χ3n) is 3.57. The minimum absolute atomic E-state index is 0.00994. The molecule has 0 saturated carbocycles. The lowest BCUT2D eigenvalue weighted by Gasteiger charge is -2.23. The topological polar surface area (TPSA) is 76.4 Å². The molecule has 0 atom stereocenters. The van der Waals surface area contributed by atoms with Gasteiger partial charge in [0.1, 0.15) is 0 Å². The molecule has 0 spiro atoms. The van der Waals surface area contributed by atoms with E-state index in [1.54, 1.807) is 0 Å². The van der Waals surface area contributed by atoms with Crippen LogP contribution in [0.1, 0.15) is 12.0 Å². The molecule has 0 unspecified atom stereocenters. The standard InChI is InChI=1S/C19H21N3O2/c20-10-5-11-22(12-13-23)18-9-4-8-17(15-18)21-19(24)14-16-6-2-1-3-7-16/h1-4,6-9,15,23H,5,11-14H2,(H,21,24). The smallest absolute Gasteiger partial charge is 0.228 e. The summed E-state index contributed by atoms with van der Waals surface area (Å²) in [6, 6.07) is 19.1. The maximum absolute atomic E-state index is 12.2. The summed E-state index contributed by atoms with van der Waals surface area (Å²) in [6.45, 7) is 0.998. The van der Waals surface area contributed by atoms with Crippen LogP contribution >= 0.6 is 0 Å². The molecule has 24 heavy (non-hydrogen) atoms. The minimum atomic E-state index is -0.0796. The van der Waals surface area contributed by atoms with E-state index in [2.05, 4.69) is 11.4 Å². The number of carbonyl (C=O) groups excluding carboxylic acids is 1. The van der Waals surface area contributed by atoms with Crippen molar-refractivity contribution in [2.24, 2.45) is 0 Å². The number of nitrogens with zero attached hydrogens (tertiary/aromatic N) is 2. The fourth-order valence-corrected chi connectivity index (χ4v) is 2.44. The van der Waals surface area contributed by atoms with Crippen LogP contribution in [-0.4, -0.2) is 30.7 Å². The number of anilines is 2. The normalized spacial score (nSPS) is 10.0. The molecule has 1 amide bonds. The first-order valence-electron chi connectivity index (χ1n) is 7.89. The molecule has 2 N–H and O–H groups in total. The fourth-order valence-electron chi connectivity index (χ4n) is 2.44. The molecule has 124 valence electrons. The van der Waals surface area contributed by atoms with Gasteiger partial charge in [-0.15, -0.1) is 0 Å². The molecule has 0 aliphatic rings. The highest BCUT2D eigenvalue weighted by atomic mass is 16.3. The summed E-state index contributed by atoms with van der Waals surface area (Å²) in [5, 5.41) is 20.8. The third kappa shape index (κ3) is 5.41. The molecule has 0 bridgehead atoms. The second-order valence-corrected chi connectivity index (χ2v) is 5.38. The molecule has 0 fully saturated rings. The van der Waals surface area contributed by atoms with Gasteiger partial charge in [0.05, 0.1) is 25.5 Å². The Morgan fingerprint density at radius 2 is 1.92 bits per heavy atom.